The predicted octanol–water partition coefficient (Wildman–Crippen LogP) is 4.12. The van der Waals surface area contributed by atoms with E-state index in [9.17, 15) is 9.18 Å². The molecule has 5 heterocycles. The van der Waals surface area contributed by atoms with Gasteiger partial charge in [0.15, 0.2) is 12.0 Å². The van der Waals surface area contributed by atoms with Crippen molar-refractivity contribution in [2.45, 2.75) is 45.0 Å². The molecule has 1 aliphatic carbocycles. The van der Waals surface area contributed by atoms with Gasteiger partial charge in [-0.15, -0.1) is 0 Å². The second-order valence-electron chi connectivity index (χ2n) is 11.6. The van der Waals surface area contributed by atoms with Crippen molar-refractivity contribution in [3.8, 4) is 17.1 Å². The molecule has 232 valence electrons. The molecule has 14 heteroatoms. The highest BCUT2D eigenvalue weighted by atomic mass is 19.1. The standard InChI is InChI=1S/C31H34FN11O2/c1-17-12-35-31(38-25-11-18(2)42(3)41-25)40-28(17)21-13-34-29-20(21)5-4-6-23(29)37-26(44)16-43-14-22(32)24(15-43)45-27-9-10-33-30(39-27)36-19-7-8-19/h4-6,9-13,19,22,24,34H,7-8,14-16H2,1-3H3,(H,37,44)(H,33,36,39)(H,35,38,40,41)/t22-,24+/m1/s1. The summed E-state index contributed by atoms with van der Waals surface area (Å²) in [5.41, 5.74) is 4.93. The van der Waals surface area contributed by atoms with Crippen LogP contribution in [-0.2, 0) is 11.8 Å². The first-order valence-corrected chi connectivity index (χ1v) is 14.9. The van der Waals surface area contributed by atoms with Crippen molar-refractivity contribution < 1.29 is 13.9 Å². The molecule has 0 spiro atoms. The number of amides is 1. The number of fused-ring (bicyclic) bond motifs is 1. The second-order valence-corrected chi connectivity index (χ2v) is 11.6. The highest BCUT2D eigenvalue weighted by Gasteiger charge is 2.36. The lowest BCUT2D eigenvalue weighted by molar-refractivity contribution is -0.117. The molecular formula is C31H34FN11O2. The molecule has 7 rings (SSSR count). The topological polar surface area (TPSA) is 151 Å². The van der Waals surface area contributed by atoms with Crippen LogP contribution in [0.5, 0.6) is 5.88 Å². The molecule has 2 fully saturated rings. The maximum Gasteiger partial charge on any atom is 0.238 e. The fourth-order valence-corrected chi connectivity index (χ4v) is 5.45. The van der Waals surface area contributed by atoms with Gasteiger partial charge in [0.2, 0.25) is 23.7 Å². The molecule has 2 atom stereocenters. The molecule has 1 saturated heterocycles. The van der Waals surface area contributed by atoms with E-state index in [1.807, 2.05) is 51.4 Å². The van der Waals surface area contributed by atoms with E-state index in [0.717, 1.165) is 46.3 Å². The Morgan fingerprint density at radius 3 is 2.80 bits per heavy atom. The van der Waals surface area contributed by atoms with Crippen molar-refractivity contribution in [3.05, 3.63) is 60.2 Å². The largest absolute Gasteiger partial charge is 0.470 e. The molecule has 4 N–H and O–H groups in total. The summed E-state index contributed by atoms with van der Waals surface area (Å²) >= 11 is 0. The van der Waals surface area contributed by atoms with Gasteiger partial charge in [-0.05, 0) is 38.3 Å². The number of hydrogen-bond donors (Lipinski definition) is 4. The van der Waals surface area contributed by atoms with Gasteiger partial charge in [-0.25, -0.2) is 19.3 Å². The number of ether oxygens (including phenoxy) is 1. The molecule has 1 amide bonds. The number of benzene rings is 1. The van der Waals surface area contributed by atoms with Crippen LogP contribution in [-0.4, -0.2) is 83.5 Å². The second kappa shape index (κ2) is 11.8. The number of hydrogen-bond acceptors (Lipinski definition) is 10. The maximum atomic E-state index is 14.9. The van der Waals surface area contributed by atoms with Crippen molar-refractivity contribution in [1.82, 2.24) is 39.6 Å². The monoisotopic (exact) mass is 611 g/mol. The summed E-state index contributed by atoms with van der Waals surface area (Å²) in [4.78, 5) is 35.9. The van der Waals surface area contributed by atoms with E-state index in [1.165, 1.54) is 0 Å². The number of carbonyl (C=O) groups excluding carboxylic acids is 1. The molecule has 1 saturated carbocycles. The van der Waals surface area contributed by atoms with Crippen LogP contribution in [0, 0.1) is 13.8 Å². The average molecular weight is 612 g/mol. The highest BCUT2D eigenvalue weighted by molar-refractivity contribution is 6.06. The third kappa shape index (κ3) is 6.27. The van der Waals surface area contributed by atoms with Gasteiger partial charge in [-0.2, -0.15) is 10.1 Å². The van der Waals surface area contributed by atoms with Crippen molar-refractivity contribution in [2.75, 3.05) is 35.6 Å². The minimum Gasteiger partial charge on any atom is -0.470 e. The summed E-state index contributed by atoms with van der Waals surface area (Å²) in [6.07, 6.45) is 5.44. The van der Waals surface area contributed by atoms with Crippen LogP contribution in [0.1, 0.15) is 24.1 Å². The Bertz CT molecular complexity index is 1850. The Hall–Kier alpha value is -5.11. The van der Waals surface area contributed by atoms with E-state index in [-0.39, 0.29) is 25.5 Å². The minimum absolute atomic E-state index is 0.0233. The summed E-state index contributed by atoms with van der Waals surface area (Å²) in [6.45, 7) is 4.31. The van der Waals surface area contributed by atoms with Gasteiger partial charge in [0.25, 0.3) is 0 Å². The zero-order chi connectivity index (χ0) is 31.1. The number of aryl methyl sites for hydroxylation is 3. The summed E-state index contributed by atoms with van der Waals surface area (Å²) in [6, 6.07) is 9.63. The number of anilines is 4. The normalized spacial score (nSPS) is 18.3. The van der Waals surface area contributed by atoms with Crippen LogP contribution in [0.3, 0.4) is 0 Å². The Morgan fingerprint density at radius 1 is 1.13 bits per heavy atom. The summed E-state index contributed by atoms with van der Waals surface area (Å²) < 4.78 is 22.5. The first-order chi connectivity index (χ1) is 21.8. The molecule has 1 aromatic carbocycles. The number of rotatable bonds is 10. The van der Waals surface area contributed by atoms with Crippen molar-refractivity contribution >= 4 is 40.2 Å². The smallest absolute Gasteiger partial charge is 0.238 e. The zero-order valence-corrected chi connectivity index (χ0v) is 25.2. The molecule has 0 radical (unpaired) electrons. The van der Waals surface area contributed by atoms with E-state index < -0.39 is 12.3 Å². The fourth-order valence-electron chi connectivity index (χ4n) is 5.45. The number of nitrogens with one attached hydrogen (secondary N) is 4. The number of nitrogens with zero attached hydrogens (tertiary/aromatic N) is 7. The van der Waals surface area contributed by atoms with Crippen molar-refractivity contribution in [1.29, 1.82) is 0 Å². The summed E-state index contributed by atoms with van der Waals surface area (Å²) in [5, 5.41) is 14.7. The maximum absolute atomic E-state index is 14.9. The lowest BCUT2D eigenvalue weighted by Crippen LogP contribution is -2.33. The van der Waals surface area contributed by atoms with Gasteiger partial charge in [0, 0.05) is 73.5 Å². The molecule has 5 aromatic rings. The quantitative estimate of drug-likeness (QED) is 0.182. The van der Waals surface area contributed by atoms with Gasteiger partial charge in [0.05, 0.1) is 23.4 Å². The first kappa shape index (κ1) is 28.6. The Kier molecular flexibility index (Phi) is 7.49. The van der Waals surface area contributed by atoms with Crippen LogP contribution in [0.2, 0.25) is 0 Å². The van der Waals surface area contributed by atoms with Crippen molar-refractivity contribution in [2.24, 2.45) is 7.05 Å². The van der Waals surface area contributed by atoms with Gasteiger partial charge in [0.1, 0.15) is 6.10 Å². The average Bonchev–Trinajstić information content (AvgIpc) is 3.47. The van der Waals surface area contributed by atoms with Gasteiger partial charge < -0.3 is 25.7 Å². The Morgan fingerprint density at radius 2 is 2.00 bits per heavy atom. The number of aromatic nitrogens is 7. The first-order valence-electron chi connectivity index (χ1n) is 14.9. The van der Waals surface area contributed by atoms with Crippen LogP contribution >= 0.6 is 0 Å². The highest BCUT2D eigenvalue weighted by Crippen LogP contribution is 2.33. The minimum atomic E-state index is -1.25. The molecule has 13 nitrogen and oxygen atoms in total. The van der Waals surface area contributed by atoms with Gasteiger partial charge in [-0.3, -0.25) is 14.4 Å². The third-order valence-electron chi connectivity index (χ3n) is 8.02. The Labute approximate surface area is 258 Å². The van der Waals surface area contributed by atoms with E-state index in [0.29, 0.717) is 35.3 Å². The molecular weight excluding hydrogens is 577 g/mol. The van der Waals surface area contributed by atoms with E-state index >= 15 is 0 Å². The summed E-state index contributed by atoms with van der Waals surface area (Å²) in [5.74, 6) is 1.64. The lowest BCUT2D eigenvalue weighted by Gasteiger charge is -2.16. The van der Waals surface area contributed by atoms with Crippen molar-refractivity contribution in [3.63, 3.8) is 0 Å². The fraction of sp³-hybridized carbons (Fsp3) is 0.355. The predicted molar refractivity (Wildman–Crippen MR) is 168 cm³/mol. The number of H-pyrrole nitrogens is 1. The van der Waals surface area contributed by atoms with Crippen LogP contribution in [0.15, 0.2) is 48.9 Å². The molecule has 1 aliphatic heterocycles. The number of likely N-dealkylation sites (tertiary alicyclic amines) is 1. The van der Waals surface area contributed by atoms with E-state index in [4.69, 9.17) is 9.72 Å². The number of para-hydroxylation sites is 1. The Balaban J connectivity index is 1.02. The molecule has 45 heavy (non-hydrogen) atoms. The number of carbonyl (C=O) groups is 1. The lowest BCUT2D eigenvalue weighted by atomic mass is 10.1. The van der Waals surface area contributed by atoms with Crippen LogP contribution in [0.25, 0.3) is 22.2 Å². The molecule has 0 unspecified atom stereocenters. The zero-order valence-electron chi connectivity index (χ0n) is 25.2. The molecule has 0 bridgehead atoms. The SMILES string of the molecule is Cc1cnc(Nc2cc(C)n(C)n2)nc1-c1c[nH]c2c(NC(=O)CN3C[C@@H](F)[C@@H](Oc4ccnc(NC5CC5)n4)C3)cccc12. The van der Waals surface area contributed by atoms with Gasteiger partial charge in [-0.1, -0.05) is 12.1 Å². The van der Waals surface area contributed by atoms with E-state index in [2.05, 4.69) is 41.0 Å². The summed E-state index contributed by atoms with van der Waals surface area (Å²) in [7, 11) is 1.88. The molecule has 2 aliphatic rings. The third-order valence-corrected chi connectivity index (χ3v) is 8.02. The van der Waals surface area contributed by atoms with Crippen LogP contribution in [0.4, 0.5) is 27.8 Å². The molecule has 4 aromatic heterocycles. The van der Waals surface area contributed by atoms with Gasteiger partial charge >= 0.3 is 0 Å². The number of alkyl halides is 1. The van der Waals surface area contributed by atoms with E-state index in [1.54, 1.807) is 28.0 Å². The van der Waals surface area contributed by atoms with Crippen LogP contribution < -0.4 is 20.7 Å². The number of aromatic amines is 1. The number of halogens is 1.